The first-order valence-corrected chi connectivity index (χ1v) is 7.69. The van der Waals surface area contributed by atoms with Gasteiger partial charge in [0.1, 0.15) is 6.07 Å². The second kappa shape index (κ2) is 8.11. The normalized spacial score (nSPS) is 11.7. The number of rotatable bonds is 6. The van der Waals surface area contributed by atoms with Crippen molar-refractivity contribution in [3.05, 3.63) is 65.7 Å². The van der Waals surface area contributed by atoms with E-state index in [0.717, 1.165) is 5.56 Å². The van der Waals surface area contributed by atoms with E-state index in [0.29, 0.717) is 17.2 Å². The molecule has 0 spiro atoms. The SMILES string of the molecule is CC(C)[C@H](NCC(=O)Nc1ccccc1C#N)c1ccccc1. The van der Waals surface area contributed by atoms with E-state index < -0.39 is 0 Å². The van der Waals surface area contributed by atoms with Gasteiger partial charge in [-0.05, 0) is 23.6 Å². The van der Waals surface area contributed by atoms with Crippen molar-refractivity contribution in [2.45, 2.75) is 19.9 Å². The van der Waals surface area contributed by atoms with Crippen LogP contribution in [0.3, 0.4) is 0 Å². The molecule has 2 rings (SSSR count). The van der Waals surface area contributed by atoms with Crippen LogP contribution in [0.15, 0.2) is 54.6 Å². The Hall–Kier alpha value is -2.64. The summed E-state index contributed by atoms with van der Waals surface area (Å²) < 4.78 is 0. The van der Waals surface area contributed by atoms with Gasteiger partial charge in [-0.1, -0.05) is 56.3 Å². The van der Waals surface area contributed by atoms with Crippen LogP contribution in [0.4, 0.5) is 5.69 Å². The monoisotopic (exact) mass is 307 g/mol. The van der Waals surface area contributed by atoms with Crippen LogP contribution in [0.2, 0.25) is 0 Å². The average Bonchev–Trinajstić information content (AvgIpc) is 2.56. The molecule has 2 aromatic rings. The fourth-order valence-electron chi connectivity index (χ4n) is 2.49. The lowest BCUT2D eigenvalue weighted by Gasteiger charge is -2.22. The van der Waals surface area contributed by atoms with Gasteiger partial charge in [0, 0.05) is 6.04 Å². The predicted molar refractivity (Wildman–Crippen MR) is 91.8 cm³/mol. The summed E-state index contributed by atoms with van der Waals surface area (Å²) in [4.78, 5) is 12.2. The summed E-state index contributed by atoms with van der Waals surface area (Å²) >= 11 is 0. The fraction of sp³-hybridized carbons (Fsp3) is 0.263. The van der Waals surface area contributed by atoms with Gasteiger partial charge in [-0.25, -0.2) is 0 Å². The summed E-state index contributed by atoms with van der Waals surface area (Å²) in [7, 11) is 0. The van der Waals surface area contributed by atoms with E-state index in [9.17, 15) is 4.79 Å². The van der Waals surface area contributed by atoms with E-state index in [1.807, 2.05) is 18.2 Å². The van der Waals surface area contributed by atoms with Crippen LogP contribution in [0.5, 0.6) is 0 Å². The number of carbonyl (C=O) groups is 1. The van der Waals surface area contributed by atoms with E-state index in [-0.39, 0.29) is 18.5 Å². The number of benzene rings is 2. The molecule has 0 aliphatic heterocycles. The lowest BCUT2D eigenvalue weighted by molar-refractivity contribution is -0.115. The highest BCUT2D eigenvalue weighted by Gasteiger charge is 2.16. The van der Waals surface area contributed by atoms with E-state index >= 15 is 0 Å². The second-order valence-corrected chi connectivity index (χ2v) is 5.72. The first-order chi connectivity index (χ1) is 11.1. The van der Waals surface area contributed by atoms with Gasteiger partial charge in [-0.15, -0.1) is 0 Å². The van der Waals surface area contributed by atoms with Crippen molar-refractivity contribution in [1.82, 2.24) is 5.32 Å². The highest BCUT2D eigenvalue weighted by atomic mass is 16.1. The lowest BCUT2D eigenvalue weighted by Crippen LogP contribution is -2.33. The van der Waals surface area contributed by atoms with E-state index in [1.54, 1.807) is 24.3 Å². The largest absolute Gasteiger partial charge is 0.324 e. The smallest absolute Gasteiger partial charge is 0.238 e. The average molecular weight is 307 g/mol. The molecule has 1 atom stereocenters. The first-order valence-electron chi connectivity index (χ1n) is 7.69. The van der Waals surface area contributed by atoms with Crippen molar-refractivity contribution in [2.24, 2.45) is 5.92 Å². The third-order valence-electron chi connectivity index (χ3n) is 3.63. The number of nitrogens with one attached hydrogen (secondary N) is 2. The lowest BCUT2D eigenvalue weighted by atomic mass is 9.96. The molecule has 0 bridgehead atoms. The van der Waals surface area contributed by atoms with Crippen LogP contribution in [0, 0.1) is 17.2 Å². The zero-order valence-corrected chi connectivity index (χ0v) is 13.4. The van der Waals surface area contributed by atoms with Crippen molar-refractivity contribution in [2.75, 3.05) is 11.9 Å². The predicted octanol–water partition coefficient (Wildman–Crippen LogP) is 3.48. The molecule has 0 unspecified atom stereocenters. The third kappa shape index (κ3) is 4.67. The number of nitriles is 1. The standard InChI is InChI=1S/C19H21N3O/c1-14(2)19(15-8-4-3-5-9-15)21-13-18(23)22-17-11-7-6-10-16(17)12-20/h3-11,14,19,21H,13H2,1-2H3,(H,22,23)/t19-/m0/s1. The minimum Gasteiger partial charge on any atom is -0.324 e. The molecule has 0 aliphatic carbocycles. The highest BCUT2D eigenvalue weighted by Crippen LogP contribution is 2.21. The van der Waals surface area contributed by atoms with Crippen LogP contribution in [-0.2, 0) is 4.79 Å². The van der Waals surface area contributed by atoms with Gasteiger partial charge < -0.3 is 10.6 Å². The van der Waals surface area contributed by atoms with Gasteiger partial charge in [0.15, 0.2) is 0 Å². The van der Waals surface area contributed by atoms with E-state index in [2.05, 4.69) is 42.7 Å². The van der Waals surface area contributed by atoms with Gasteiger partial charge in [0.25, 0.3) is 0 Å². The van der Waals surface area contributed by atoms with Crippen molar-refractivity contribution in [3.8, 4) is 6.07 Å². The molecule has 4 heteroatoms. The first kappa shape index (κ1) is 16.7. The fourth-order valence-corrected chi connectivity index (χ4v) is 2.49. The highest BCUT2D eigenvalue weighted by molar-refractivity contribution is 5.93. The molecular formula is C19H21N3O. The number of para-hydroxylation sites is 1. The number of nitrogens with zero attached hydrogens (tertiary/aromatic N) is 1. The van der Waals surface area contributed by atoms with Crippen LogP contribution in [0.1, 0.15) is 31.0 Å². The van der Waals surface area contributed by atoms with Crippen LogP contribution in [-0.4, -0.2) is 12.5 Å². The Kier molecular flexibility index (Phi) is 5.90. The Morgan fingerprint density at radius 3 is 2.39 bits per heavy atom. The number of hydrogen-bond donors (Lipinski definition) is 2. The van der Waals surface area contributed by atoms with Crippen molar-refractivity contribution >= 4 is 11.6 Å². The van der Waals surface area contributed by atoms with Crippen molar-refractivity contribution in [3.63, 3.8) is 0 Å². The Labute approximate surface area is 137 Å². The maximum atomic E-state index is 12.2. The quantitative estimate of drug-likeness (QED) is 0.858. The number of amides is 1. The molecule has 0 heterocycles. The zero-order chi connectivity index (χ0) is 16.7. The molecule has 0 saturated heterocycles. The summed E-state index contributed by atoms with van der Waals surface area (Å²) in [6.07, 6.45) is 0. The molecule has 0 aliphatic rings. The molecule has 23 heavy (non-hydrogen) atoms. The minimum absolute atomic E-state index is 0.105. The van der Waals surface area contributed by atoms with Crippen molar-refractivity contribution < 1.29 is 4.79 Å². The third-order valence-corrected chi connectivity index (χ3v) is 3.63. The van der Waals surface area contributed by atoms with Gasteiger partial charge in [-0.3, -0.25) is 4.79 Å². The summed E-state index contributed by atoms with van der Waals surface area (Å²) in [6.45, 7) is 4.43. The summed E-state index contributed by atoms with van der Waals surface area (Å²) in [5.41, 5.74) is 2.17. The van der Waals surface area contributed by atoms with E-state index in [1.165, 1.54) is 0 Å². The topological polar surface area (TPSA) is 64.9 Å². The molecule has 118 valence electrons. The molecule has 4 nitrogen and oxygen atoms in total. The van der Waals surface area contributed by atoms with Crippen LogP contribution in [0.25, 0.3) is 0 Å². The molecule has 2 N–H and O–H groups in total. The van der Waals surface area contributed by atoms with E-state index in [4.69, 9.17) is 5.26 Å². The Morgan fingerprint density at radius 1 is 1.09 bits per heavy atom. The summed E-state index contributed by atoms with van der Waals surface area (Å²) in [6, 6.07) is 19.2. The van der Waals surface area contributed by atoms with Gasteiger partial charge in [-0.2, -0.15) is 5.26 Å². The number of anilines is 1. The summed E-state index contributed by atoms with van der Waals surface area (Å²) in [5, 5.41) is 15.1. The molecule has 0 fully saturated rings. The van der Waals surface area contributed by atoms with Gasteiger partial charge in [0.05, 0.1) is 17.8 Å². The Balaban J connectivity index is 1.99. The molecule has 0 radical (unpaired) electrons. The summed E-state index contributed by atoms with van der Waals surface area (Å²) in [5.74, 6) is 0.200. The molecule has 1 amide bonds. The van der Waals surface area contributed by atoms with Crippen molar-refractivity contribution in [1.29, 1.82) is 5.26 Å². The maximum absolute atomic E-state index is 12.2. The molecular weight excluding hydrogens is 286 g/mol. The van der Waals surface area contributed by atoms with Gasteiger partial charge in [0.2, 0.25) is 5.91 Å². The molecule has 0 aromatic heterocycles. The number of carbonyl (C=O) groups excluding carboxylic acids is 1. The maximum Gasteiger partial charge on any atom is 0.238 e. The molecule has 2 aromatic carbocycles. The zero-order valence-electron chi connectivity index (χ0n) is 13.4. The Morgan fingerprint density at radius 2 is 1.74 bits per heavy atom. The molecule has 0 saturated carbocycles. The van der Waals surface area contributed by atoms with Crippen LogP contribution >= 0.6 is 0 Å². The van der Waals surface area contributed by atoms with Crippen LogP contribution < -0.4 is 10.6 Å². The minimum atomic E-state index is -0.158. The Bertz CT molecular complexity index is 689. The van der Waals surface area contributed by atoms with Gasteiger partial charge >= 0.3 is 0 Å². The number of hydrogen-bond acceptors (Lipinski definition) is 3. The second-order valence-electron chi connectivity index (χ2n) is 5.72.